The second kappa shape index (κ2) is 7.29. The lowest BCUT2D eigenvalue weighted by Crippen LogP contribution is -2.55. The summed E-state index contributed by atoms with van der Waals surface area (Å²) in [5.74, 6) is 0.303. The molecule has 2 N–H and O–H groups in total. The summed E-state index contributed by atoms with van der Waals surface area (Å²) >= 11 is 0. The van der Waals surface area contributed by atoms with E-state index < -0.39 is 0 Å². The molecule has 0 aromatic heterocycles. The molecule has 2 heterocycles. The van der Waals surface area contributed by atoms with Gasteiger partial charge in [-0.3, -0.25) is 9.69 Å². The third-order valence-electron chi connectivity index (χ3n) is 4.63. The molecule has 2 aliphatic heterocycles. The highest BCUT2D eigenvalue weighted by Crippen LogP contribution is 2.28. The van der Waals surface area contributed by atoms with Crippen molar-refractivity contribution < 1.29 is 14.6 Å². The fraction of sp³-hybridized carbons (Fsp3) is 0.588. The summed E-state index contributed by atoms with van der Waals surface area (Å²) in [6.45, 7) is 7.14. The summed E-state index contributed by atoms with van der Waals surface area (Å²) in [5, 5.41) is 13.2. The molecule has 1 amide bonds. The van der Waals surface area contributed by atoms with Crippen LogP contribution < -0.4 is 5.32 Å². The number of carbonyl (C=O) groups excluding carboxylic acids is 1. The topological polar surface area (TPSA) is 65.0 Å². The summed E-state index contributed by atoms with van der Waals surface area (Å²) in [5.41, 5.74) is 0.857. The first-order valence-electron chi connectivity index (χ1n) is 8.29. The lowest BCUT2D eigenvalue weighted by Gasteiger charge is -2.41. The second-order valence-corrected chi connectivity index (χ2v) is 6.23. The van der Waals surface area contributed by atoms with Gasteiger partial charge >= 0.3 is 0 Å². The summed E-state index contributed by atoms with van der Waals surface area (Å²) < 4.78 is 5.36. The van der Waals surface area contributed by atoms with E-state index in [1.54, 1.807) is 18.2 Å². The van der Waals surface area contributed by atoms with Crippen molar-refractivity contribution in [2.24, 2.45) is 0 Å². The van der Waals surface area contributed by atoms with Crippen LogP contribution in [-0.2, 0) is 9.53 Å². The van der Waals surface area contributed by atoms with Crippen molar-refractivity contribution >= 4 is 5.91 Å². The molecule has 1 aromatic carbocycles. The fourth-order valence-electron chi connectivity index (χ4n) is 3.37. The average Bonchev–Trinajstić information content (AvgIpc) is 2.58. The van der Waals surface area contributed by atoms with Gasteiger partial charge in [0.1, 0.15) is 11.8 Å². The Morgan fingerprint density at radius 3 is 2.83 bits per heavy atom. The molecule has 2 unspecified atom stereocenters. The summed E-state index contributed by atoms with van der Waals surface area (Å²) in [4.78, 5) is 17.3. The van der Waals surface area contributed by atoms with Gasteiger partial charge in [-0.2, -0.15) is 0 Å². The minimum Gasteiger partial charge on any atom is -0.508 e. The maximum atomic E-state index is 13.2. The molecular weight excluding hydrogens is 294 g/mol. The minimum absolute atomic E-state index is 0.104. The van der Waals surface area contributed by atoms with Crippen molar-refractivity contribution in [3.8, 4) is 5.75 Å². The second-order valence-electron chi connectivity index (χ2n) is 6.23. The van der Waals surface area contributed by atoms with E-state index in [1.807, 2.05) is 11.0 Å². The number of benzene rings is 1. The summed E-state index contributed by atoms with van der Waals surface area (Å²) in [7, 11) is 0. The van der Waals surface area contributed by atoms with Crippen LogP contribution in [0.1, 0.15) is 18.5 Å². The van der Waals surface area contributed by atoms with Crippen LogP contribution in [0.25, 0.3) is 0 Å². The van der Waals surface area contributed by atoms with Gasteiger partial charge in [-0.1, -0.05) is 12.1 Å². The SMILES string of the molecule is CC1CNCCN1C(C(=O)N1CCOCC1)c1cccc(O)c1. The monoisotopic (exact) mass is 319 g/mol. The normalized spacial score (nSPS) is 24.4. The molecule has 6 heteroatoms. The highest BCUT2D eigenvalue weighted by atomic mass is 16.5. The van der Waals surface area contributed by atoms with Gasteiger partial charge in [0, 0.05) is 38.8 Å². The summed E-state index contributed by atoms with van der Waals surface area (Å²) in [6, 6.07) is 6.99. The Bertz CT molecular complexity index is 546. The Balaban J connectivity index is 1.90. The molecule has 0 saturated carbocycles. The van der Waals surface area contributed by atoms with Crippen LogP contribution in [0.3, 0.4) is 0 Å². The van der Waals surface area contributed by atoms with Crippen LogP contribution in [0.15, 0.2) is 24.3 Å². The van der Waals surface area contributed by atoms with Gasteiger partial charge in [-0.05, 0) is 24.6 Å². The van der Waals surface area contributed by atoms with E-state index in [0.29, 0.717) is 26.3 Å². The maximum absolute atomic E-state index is 13.2. The number of carbonyl (C=O) groups is 1. The Morgan fingerprint density at radius 2 is 2.13 bits per heavy atom. The number of ether oxygens (including phenoxy) is 1. The van der Waals surface area contributed by atoms with E-state index in [1.165, 1.54) is 0 Å². The Kier molecular flexibility index (Phi) is 5.15. The van der Waals surface area contributed by atoms with Crippen LogP contribution in [-0.4, -0.2) is 72.8 Å². The molecule has 2 fully saturated rings. The van der Waals surface area contributed by atoms with E-state index in [4.69, 9.17) is 4.74 Å². The fourth-order valence-corrected chi connectivity index (χ4v) is 3.37. The predicted molar refractivity (Wildman–Crippen MR) is 87.3 cm³/mol. The smallest absolute Gasteiger partial charge is 0.244 e. The van der Waals surface area contributed by atoms with Gasteiger partial charge in [0.05, 0.1) is 13.2 Å². The van der Waals surface area contributed by atoms with Crippen LogP contribution in [0, 0.1) is 0 Å². The van der Waals surface area contributed by atoms with Crippen molar-refractivity contribution in [2.75, 3.05) is 45.9 Å². The maximum Gasteiger partial charge on any atom is 0.244 e. The Hall–Kier alpha value is -1.63. The van der Waals surface area contributed by atoms with Crippen LogP contribution in [0.5, 0.6) is 5.75 Å². The molecule has 126 valence electrons. The number of phenols is 1. The van der Waals surface area contributed by atoms with Gasteiger partial charge in [0.25, 0.3) is 0 Å². The molecule has 0 aliphatic carbocycles. The van der Waals surface area contributed by atoms with Gasteiger partial charge < -0.3 is 20.1 Å². The minimum atomic E-state index is -0.350. The summed E-state index contributed by atoms with van der Waals surface area (Å²) in [6.07, 6.45) is 0. The first-order valence-corrected chi connectivity index (χ1v) is 8.29. The number of nitrogens with zero attached hydrogens (tertiary/aromatic N) is 2. The van der Waals surface area contributed by atoms with Crippen molar-refractivity contribution in [3.63, 3.8) is 0 Å². The van der Waals surface area contributed by atoms with E-state index in [2.05, 4.69) is 17.1 Å². The zero-order chi connectivity index (χ0) is 16.2. The van der Waals surface area contributed by atoms with Crippen LogP contribution in [0.4, 0.5) is 0 Å². The van der Waals surface area contributed by atoms with E-state index in [-0.39, 0.29) is 23.7 Å². The Morgan fingerprint density at radius 1 is 1.35 bits per heavy atom. The number of nitrogens with one attached hydrogen (secondary N) is 1. The molecule has 2 atom stereocenters. The predicted octanol–water partition coefficient (Wildman–Crippen LogP) is 0.586. The molecule has 1 aromatic rings. The number of morpholine rings is 1. The number of phenolic OH excluding ortho intramolecular Hbond substituents is 1. The van der Waals surface area contributed by atoms with Crippen molar-refractivity contribution in [3.05, 3.63) is 29.8 Å². The molecule has 0 spiro atoms. The first-order chi connectivity index (χ1) is 11.2. The van der Waals surface area contributed by atoms with Crippen LogP contribution in [0.2, 0.25) is 0 Å². The van der Waals surface area contributed by atoms with Gasteiger partial charge in [-0.25, -0.2) is 0 Å². The highest BCUT2D eigenvalue weighted by Gasteiger charge is 2.35. The number of amides is 1. The van der Waals surface area contributed by atoms with E-state index in [9.17, 15) is 9.90 Å². The van der Waals surface area contributed by atoms with E-state index >= 15 is 0 Å². The quantitative estimate of drug-likeness (QED) is 0.853. The lowest BCUT2D eigenvalue weighted by atomic mass is 10.00. The van der Waals surface area contributed by atoms with Crippen LogP contribution >= 0.6 is 0 Å². The molecule has 2 aliphatic rings. The van der Waals surface area contributed by atoms with Crippen molar-refractivity contribution in [2.45, 2.75) is 19.0 Å². The third-order valence-corrected chi connectivity index (χ3v) is 4.63. The number of aromatic hydroxyl groups is 1. The zero-order valence-electron chi connectivity index (χ0n) is 13.6. The number of hydrogen-bond acceptors (Lipinski definition) is 5. The van der Waals surface area contributed by atoms with E-state index in [0.717, 1.165) is 25.2 Å². The number of piperazine rings is 1. The van der Waals surface area contributed by atoms with Gasteiger partial charge in [0.2, 0.25) is 5.91 Å². The Labute approximate surface area is 137 Å². The largest absolute Gasteiger partial charge is 0.508 e. The number of hydrogen-bond donors (Lipinski definition) is 2. The first kappa shape index (κ1) is 16.2. The average molecular weight is 319 g/mol. The molecule has 6 nitrogen and oxygen atoms in total. The number of rotatable bonds is 3. The van der Waals surface area contributed by atoms with Crippen molar-refractivity contribution in [1.82, 2.24) is 15.1 Å². The van der Waals surface area contributed by atoms with Crippen molar-refractivity contribution in [1.29, 1.82) is 0 Å². The van der Waals surface area contributed by atoms with Gasteiger partial charge in [-0.15, -0.1) is 0 Å². The molecule has 23 heavy (non-hydrogen) atoms. The third kappa shape index (κ3) is 3.65. The van der Waals surface area contributed by atoms with Gasteiger partial charge in [0.15, 0.2) is 0 Å². The molecule has 3 rings (SSSR count). The molecule has 2 saturated heterocycles. The molecule has 0 bridgehead atoms. The lowest BCUT2D eigenvalue weighted by molar-refractivity contribution is -0.142. The zero-order valence-corrected chi connectivity index (χ0v) is 13.6. The molecule has 0 radical (unpaired) electrons. The molecular formula is C17H25N3O3. The highest BCUT2D eigenvalue weighted by molar-refractivity contribution is 5.83. The standard InChI is InChI=1S/C17H25N3O3/c1-13-12-18-5-6-20(13)16(14-3-2-4-15(21)11-14)17(22)19-7-9-23-10-8-19/h2-4,11,13,16,18,21H,5-10,12H2,1H3.